The summed E-state index contributed by atoms with van der Waals surface area (Å²) < 4.78 is 113. The SMILES string of the molecule is CN1CC[C@H](Nc2cccc3c(CC(F)(F)F)c(C#CCNc4ccc(P5(=O)CCCC5)cc4OC(F)(F)F)sc23)[C@H](F)C1. The average molecular weight is 662 g/mol. The molecular formula is C30H31F7N3O2PS. The summed E-state index contributed by atoms with van der Waals surface area (Å²) in [7, 11) is -0.964. The highest BCUT2D eigenvalue weighted by Crippen LogP contribution is 2.52. The normalized spacial score (nSPS) is 20.7. The molecule has 0 unspecified atom stereocenters. The van der Waals surface area contributed by atoms with Crippen LogP contribution >= 0.6 is 18.5 Å². The number of hydrogen-bond donors (Lipinski definition) is 2. The third kappa shape index (κ3) is 7.82. The molecule has 1 aromatic heterocycles. The molecule has 3 heterocycles. The smallest absolute Gasteiger partial charge is 0.404 e. The Bertz CT molecular complexity index is 1600. The van der Waals surface area contributed by atoms with Crippen molar-refractivity contribution >= 4 is 45.2 Å². The van der Waals surface area contributed by atoms with Gasteiger partial charge in [0.05, 0.1) is 40.0 Å². The number of thiophene rings is 1. The number of nitrogens with one attached hydrogen (secondary N) is 2. The Kier molecular flexibility index (Phi) is 9.45. The van der Waals surface area contributed by atoms with Gasteiger partial charge in [0.2, 0.25) is 0 Å². The number of halogens is 7. The van der Waals surface area contributed by atoms with Gasteiger partial charge in [0.25, 0.3) is 0 Å². The van der Waals surface area contributed by atoms with Crippen molar-refractivity contribution < 1.29 is 40.0 Å². The van der Waals surface area contributed by atoms with Crippen LogP contribution in [0.1, 0.15) is 29.7 Å². The number of likely N-dealkylation sites (tertiary alicyclic amines) is 1. The van der Waals surface area contributed by atoms with Gasteiger partial charge in [-0.2, -0.15) is 13.2 Å². The minimum atomic E-state index is -4.99. The first kappa shape index (κ1) is 32.5. The minimum Gasteiger partial charge on any atom is -0.404 e. The van der Waals surface area contributed by atoms with Crippen LogP contribution < -0.4 is 20.7 Å². The second kappa shape index (κ2) is 12.8. The lowest BCUT2D eigenvalue weighted by Gasteiger charge is -2.33. The molecule has 2 saturated heterocycles. The molecule has 0 spiro atoms. The van der Waals surface area contributed by atoms with Crippen molar-refractivity contribution in [3.8, 4) is 17.6 Å². The van der Waals surface area contributed by atoms with Gasteiger partial charge >= 0.3 is 12.5 Å². The predicted octanol–water partition coefficient (Wildman–Crippen LogP) is 7.60. The third-order valence-electron chi connectivity index (χ3n) is 7.80. The van der Waals surface area contributed by atoms with Crippen molar-refractivity contribution in [1.82, 2.24) is 4.90 Å². The predicted molar refractivity (Wildman–Crippen MR) is 161 cm³/mol. The van der Waals surface area contributed by atoms with Crippen LogP contribution in [0.2, 0.25) is 0 Å². The summed E-state index contributed by atoms with van der Waals surface area (Å²) in [4.78, 5) is 2.04. The van der Waals surface area contributed by atoms with Crippen LogP contribution in [-0.4, -0.2) is 68.7 Å². The number of alkyl halides is 7. The van der Waals surface area contributed by atoms with Gasteiger partial charge in [0.1, 0.15) is 13.3 Å². The van der Waals surface area contributed by atoms with Gasteiger partial charge in [-0.3, -0.25) is 0 Å². The molecule has 2 atom stereocenters. The number of fused-ring (bicyclic) bond motifs is 1. The maximum absolute atomic E-state index is 14.7. The minimum absolute atomic E-state index is 0.0134. The summed E-state index contributed by atoms with van der Waals surface area (Å²) in [5, 5.41) is 6.60. The molecule has 0 amide bonds. The number of piperidine rings is 1. The summed E-state index contributed by atoms with van der Waals surface area (Å²) in [6.45, 7) is 0.730. The Balaban J connectivity index is 1.40. The number of rotatable bonds is 7. The molecule has 5 nitrogen and oxygen atoms in total. The highest BCUT2D eigenvalue weighted by molar-refractivity contribution is 7.71. The second-order valence-electron chi connectivity index (χ2n) is 11.1. The van der Waals surface area contributed by atoms with E-state index >= 15 is 0 Å². The molecule has 0 radical (unpaired) electrons. The molecule has 2 N–H and O–H groups in total. The molecule has 2 aromatic carbocycles. The van der Waals surface area contributed by atoms with E-state index in [0.717, 1.165) is 30.2 Å². The van der Waals surface area contributed by atoms with Crippen molar-refractivity contribution in [2.45, 2.75) is 50.4 Å². The zero-order valence-corrected chi connectivity index (χ0v) is 25.5. The molecule has 0 bridgehead atoms. The second-order valence-corrected chi connectivity index (χ2v) is 15.3. The Hall–Kier alpha value is -2.94. The molecule has 14 heteroatoms. The fourth-order valence-electron chi connectivity index (χ4n) is 5.67. The number of hydrogen-bond acceptors (Lipinski definition) is 6. The van der Waals surface area contributed by atoms with Gasteiger partial charge in [0.15, 0.2) is 5.75 Å². The Morgan fingerprint density at radius 2 is 1.84 bits per heavy atom. The molecule has 0 aliphatic carbocycles. The molecule has 0 saturated carbocycles. The van der Waals surface area contributed by atoms with E-state index in [-0.39, 0.29) is 29.2 Å². The van der Waals surface area contributed by atoms with Crippen LogP contribution in [0.25, 0.3) is 10.1 Å². The first-order valence-electron chi connectivity index (χ1n) is 14.1. The quantitative estimate of drug-likeness (QED) is 0.155. The molecule has 2 fully saturated rings. The van der Waals surface area contributed by atoms with Crippen LogP contribution in [0.15, 0.2) is 36.4 Å². The Morgan fingerprint density at radius 3 is 2.52 bits per heavy atom. The zero-order valence-electron chi connectivity index (χ0n) is 23.7. The lowest BCUT2D eigenvalue weighted by molar-refractivity contribution is -0.274. The van der Waals surface area contributed by atoms with Gasteiger partial charge in [-0.05, 0) is 61.5 Å². The maximum Gasteiger partial charge on any atom is 0.573 e. The topological polar surface area (TPSA) is 53.6 Å². The third-order valence-corrected chi connectivity index (χ3v) is 12.3. The van der Waals surface area contributed by atoms with Crippen LogP contribution in [0.3, 0.4) is 0 Å². The van der Waals surface area contributed by atoms with Crippen molar-refractivity contribution in [3.05, 3.63) is 46.8 Å². The van der Waals surface area contributed by atoms with E-state index in [1.165, 1.54) is 12.1 Å². The standard InChI is InChI=1S/C30H31F7N3O2PS/c1-40-13-11-23(22(31)18-40)39-25-7-4-6-20-21(17-29(32,33)34)27(44-28(20)25)8-5-12-38-24-10-9-19(43(41)14-2-3-15-43)16-26(24)42-30(35,36)37/h4,6-7,9-10,16,22-23,38-39H,2-3,11-15,17-18H2,1H3/t22-,23+/m1/s1. The molecule has 44 heavy (non-hydrogen) atoms. The van der Waals surface area contributed by atoms with Crippen LogP contribution in [-0.2, 0) is 11.0 Å². The number of ether oxygens (including phenoxy) is 1. The van der Waals surface area contributed by atoms with Gasteiger partial charge in [-0.1, -0.05) is 24.0 Å². The number of anilines is 2. The summed E-state index contributed by atoms with van der Waals surface area (Å²) in [5.74, 6) is 4.94. The first-order chi connectivity index (χ1) is 20.7. The van der Waals surface area contributed by atoms with E-state index in [1.54, 1.807) is 18.2 Å². The van der Waals surface area contributed by atoms with E-state index in [9.17, 15) is 35.3 Å². The lowest BCUT2D eigenvalue weighted by Crippen LogP contribution is -2.46. The maximum atomic E-state index is 14.7. The average Bonchev–Trinajstić information content (AvgIpc) is 3.52. The summed E-state index contributed by atoms with van der Waals surface area (Å²) in [5.41, 5.74) is 0.471. The van der Waals surface area contributed by atoms with Crippen LogP contribution in [0.5, 0.6) is 5.75 Å². The van der Waals surface area contributed by atoms with E-state index in [1.807, 2.05) is 11.9 Å². The van der Waals surface area contributed by atoms with Crippen molar-refractivity contribution in [2.75, 3.05) is 49.6 Å². The van der Waals surface area contributed by atoms with Crippen LogP contribution in [0.4, 0.5) is 42.1 Å². The van der Waals surface area contributed by atoms with E-state index in [0.29, 0.717) is 46.4 Å². The van der Waals surface area contributed by atoms with Crippen molar-refractivity contribution in [3.63, 3.8) is 0 Å². The number of nitrogens with zero attached hydrogens (tertiary/aromatic N) is 1. The van der Waals surface area contributed by atoms with E-state index in [4.69, 9.17) is 0 Å². The Labute approximate surface area is 254 Å². The van der Waals surface area contributed by atoms with E-state index in [2.05, 4.69) is 27.2 Å². The van der Waals surface area contributed by atoms with Gasteiger partial charge in [-0.15, -0.1) is 24.5 Å². The Morgan fingerprint density at radius 1 is 1.09 bits per heavy atom. The first-order valence-corrected chi connectivity index (χ1v) is 17.0. The fraction of sp³-hybridized carbons (Fsp3) is 0.467. The molecule has 238 valence electrons. The fourth-order valence-corrected chi connectivity index (χ4v) is 9.75. The summed E-state index contributed by atoms with van der Waals surface area (Å²) in [6, 6.07) is 8.40. The van der Waals surface area contributed by atoms with Crippen LogP contribution in [0, 0.1) is 11.8 Å². The highest BCUT2D eigenvalue weighted by Gasteiger charge is 2.35. The molecular weight excluding hydrogens is 630 g/mol. The van der Waals surface area contributed by atoms with Gasteiger partial charge in [0, 0.05) is 30.7 Å². The lowest BCUT2D eigenvalue weighted by atomic mass is 10.0. The molecule has 5 rings (SSSR count). The van der Waals surface area contributed by atoms with Gasteiger partial charge in [-0.25, -0.2) is 4.39 Å². The number of benzene rings is 2. The molecule has 2 aliphatic rings. The molecule has 3 aromatic rings. The van der Waals surface area contributed by atoms with Gasteiger partial charge < -0.3 is 24.8 Å². The monoisotopic (exact) mass is 661 g/mol. The van der Waals surface area contributed by atoms with E-state index < -0.39 is 44.1 Å². The highest BCUT2D eigenvalue weighted by atomic mass is 32.1. The van der Waals surface area contributed by atoms with Crippen molar-refractivity contribution in [2.24, 2.45) is 0 Å². The molecule has 2 aliphatic heterocycles. The largest absolute Gasteiger partial charge is 0.573 e. The summed E-state index contributed by atoms with van der Waals surface area (Å²) >= 11 is 1.05. The zero-order chi connectivity index (χ0) is 31.7. The summed E-state index contributed by atoms with van der Waals surface area (Å²) in [6.07, 6.45) is -9.02. The van der Waals surface area contributed by atoms with Crippen molar-refractivity contribution in [1.29, 1.82) is 0 Å².